The lowest BCUT2D eigenvalue weighted by Gasteiger charge is -2.39. The number of amides is 1. The molecule has 6 bridgehead atoms. The molecule has 4 aliphatic rings. The number of anilines is 2. The zero-order valence-corrected chi connectivity index (χ0v) is 43.7. The van der Waals surface area contributed by atoms with Gasteiger partial charge in [0, 0.05) is 102 Å². The lowest BCUT2D eigenvalue weighted by molar-refractivity contribution is -0.134. The highest BCUT2D eigenvalue weighted by Crippen LogP contribution is 2.34. The molecule has 0 atom stereocenters. The van der Waals surface area contributed by atoms with E-state index < -0.39 is 0 Å². The van der Waals surface area contributed by atoms with Gasteiger partial charge in [0.05, 0.1) is 73.5 Å². The first kappa shape index (κ1) is 51.6. The summed E-state index contributed by atoms with van der Waals surface area (Å²) in [7, 11) is 0. The highest BCUT2D eigenvalue weighted by Gasteiger charge is 2.26. The van der Waals surface area contributed by atoms with Gasteiger partial charge in [-0.15, -0.1) is 5.10 Å². The Bertz CT molecular complexity index is 3040. The number of aromatic hydroxyl groups is 1. The fourth-order valence-corrected chi connectivity index (χ4v) is 10.6. The summed E-state index contributed by atoms with van der Waals surface area (Å²) in [5.74, 6) is 2.52. The Morgan fingerprint density at radius 2 is 1.60 bits per heavy atom. The summed E-state index contributed by atoms with van der Waals surface area (Å²) >= 11 is 0. The summed E-state index contributed by atoms with van der Waals surface area (Å²) in [5, 5.41) is 23.1. The molecule has 0 unspecified atom stereocenters. The lowest BCUT2D eigenvalue weighted by Crippen LogP contribution is -2.48. The number of phenolic OH excluding ortho intramolecular Hbond substituents is 1. The van der Waals surface area contributed by atoms with Crippen molar-refractivity contribution in [3.8, 4) is 39.7 Å². The van der Waals surface area contributed by atoms with Gasteiger partial charge in [-0.2, -0.15) is 5.10 Å². The molecular formula is C57H72N12O6. The highest BCUT2D eigenvalue weighted by atomic mass is 16.5. The summed E-state index contributed by atoms with van der Waals surface area (Å²) in [6.45, 7) is 19.3. The van der Waals surface area contributed by atoms with Gasteiger partial charge in [0.2, 0.25) is 11.9 Å². The molecule has 18 nitrogen and oxygen atoms in total. The van der Waals surface area contributed by atoms with Crippen molar-refractivity contribution >= 4 is 23.1 Å². The van der Waals surface area contributed by atoms with Crippen LogP contribution in [0.15, 0.2) is 102 Å². The number of imidazole rings is 1. The van der Waals surface area contributed by atoms with E-state index in [4.69, 9.17) is 19.3 Å². The molecule has 396 valence electrons. The zero-order valence-electron chi connectivity index (χ0n) is 43.7. The molecule has 1 amide bonds. The number of benzene rings is 3. The zero-order chi connectivity index (χ0) is 51.7. The highest BCUT2D eigenvalue weighted by molar-refractivity contribution is 5.76. The van der Waals surface area contributed by atoms with Crippen molar-refractivity contribution in [2.24, 2.45) is 5.92 Å². The molecule has 0 saturated carbocycles. The number of hydrogen-bond acceptors (Lipinski definition) is 13. The quantitative estimate of drug-likeness (QED) is 0.0831. The van der Waals surface area contributed by atoms with Crippen LogP contribution >= 0.6 is 0 Å². The average molecular weight is 1020 g/mol. The number of carbonyl (C=O) groups is 1. The Morgan fingerprint density at radius 1 is 0.827 bits per heavy atom. The summed E-state index contributed by atoms with van der Waals surface area (Å²) < 4.78 is 23.6. The number of nitrogens with one attached hydrogen (secondary N) is 2. The number of likely N-dealkylation sites (tertiary alicyclic amines) is 1. The van der Waals surface area contributed by atoms with Gasteiger partial charge >= 0.3 is 5.69 Å². The first-order chi connectivity index (χ1) is 36.6. The van der Waals surface area contributed by atoms with Gasteiger partial charge in [-0.1, -0.05) is 26.0 Å². The summed E-state index contributed by atoms with van der Waals surface area (Å²) in [5.41, 5.74) is 9.05. The minimum absolute atomic E-state index is 0.150. The van der Waals surface area contributed by atoms with Gasteiger partial charge < -0.3 is 39.4 Å². The summed E-state index contributed by atoms with van der Waals surface area (Å²) in [6, 6.07) is 24.3. The number of nitrogens with zero attached hydrogens (tertiary/aromatic N) is 10. The van der Waals surface area contributed by atoms with Crippen LogP contribution in [0.3, 0.4) is 0 Å². The Hall–Kier alpha value is -6.83. The first-order valence-corrected chi connectivity index (χ1v) is 26.8. The van der Waals surface area contributed by atoms with Crippen molar-refractivity contribution in [3.63, 3.8) is 0 Å². The summed E-state index contributed by atoms with van der Waals surface area (Å²) in [4.78, 5) is 43.1. The summed E-state index contributed by atoms with van der Waals surface area (Å²) in [6.07, 6.45) is 10.7. The third kappa shape index (κ3) is 13.0. The number of aromatic nitrogens is 7. The Balaban J connectivity index is 0.595. The van der Waals surface area contributed by atoms with Crippen LogP contribution < -0.4 is 15.7 Å². The molecule has 0 radical (unpaired) electrons. The number of phenols is 1. The molecule has 2 fully saturated rings. The lowest BCUT2D eigenvalue weighted by atomic mass is 9.95. The fraction of sp³-hybridized carbons (Fsp3) is 0.456. The van der Waals surface area contributed by atoms with Gasteiger partial charge in [0.15, 0.2) is 0 Å². The molecule has 8 heterocycles. The number of piperazine rings is 1. The number of aromatic amines is 1. The molecule has 0 spiro atoms. The maximum Gasteiger partial charge on any atom is 0.330 e. The largest absolute Gasteiger partial charge is 0.508 e. The second-order valence-corrected chi connectivity index (χ2v) is 20.6. The van der Waals surface area contributed by atoms with Gasteiger partial charge in [-0.3, -0.25) is 23.8 Å². The van der Waals surface area contributed by atoms with Crippen molar-refractivity contribution < 1.29 is 24.1 Å². The Labute approximate surface area is 438 Å². The molecule has 3 aromatic carbocycles. The van der Waals surface area contributed by atoms with E-state index in [0.717, 1.165) is 154 Å². The van der Waals surface area contributed by atoms with Crippen LogP contribution in [-0.2, 0) is 27.4 Å². The molecule has 4 aromatic heterocycles. The predicted octanol–water partition coefficient (Wildman–Crippen LogP) is 7.18. The normalized spacial score (nSPS) is 16.6. The van der Waals surface area contributed by atoms with Crippen LogP contribution in [-0.4, -0.2) is 163 Å². The molecule has 2 saturated heterocycles. The number of piperidine rings is 1. The predicted molar refractivity (Wildman–Crippen MR) is 290 cm³/mol. The average Bonchev–Trinajstić information content (AvgIpc) is 4.16. The fourth-order valence-electron chi connectivity index (χ4n) is 10.6. The topological polar surface area (TPSA) is 176 Å². The van der Waals surface area contributed by atoms with E-state index in [2.05, 4.69) is 73.2 Å². The SMILES string of the molecule is Cc1cc(O)c(C(C)C)cc1-c1c[nH]c(=O)n1-c1ccc(CN2CCN(CC3CCN(C(=O)CCOCCOCCN4CCCn5cc(cn5)Nc5ncc6ccc(n6n5)-c5ccc(cc5)OCC4)CC3)CC2)cc1. The van der Waals surface area contributed by atoms with Crippen LogP contribution in [0.1, 0.15) is 62.1 Å². The number of H-pyrrole nitrogens is 1. The van der Waals surface area contributed by atoms with Crippen molar-refractivity contribution in [1.82, 2.24) is 53.5 Å². The van der Waals surface area contributed by atoms with Crippen LogP contribution in [0, 0.1) is 12.8 Å². The van der Waals surface area contributed by atoms with Gasteiger partial charge in [0.1, 0.15) is 18.1 Å². The molecule has 7 aromatic rings. The maximum absolute atomic E-state index is 13.1. The Kier molecular flexibility index (Phi) is 16.7. The van der Waals surface area contributed by atoms with E-state index in [1.54, 1.807) is 23.0 Å². The molecule has 75 heavy (non-hydrogen) atoms. The maximum atomic E-state index is 13.1. The van der Waals surface area contributed by atoms with Gasteiger partial charge in [0.25, 0.3) is 0 Å². The molecule has 4 aliphatic heterocycles. The van der Waals surface area contributed by atoms with Crippen LogP contribution in [0.5, 0.6) is 11.5 Å². The number of fused-ring (bicyclic) bond motifs is 8. The van der Waals surface area contributed by atoms with Crippen molar-refractivity contribution in [2.75, 3.05) is 104 Å². The van der Waals surface area contributed by atoms with Crippen LogP contribution in [0.25, 0.3) is 33.7 Å². The van der Waals surface area contributed by atoms with E-state index in [0.29, 0.717) is 51.3 Å². The van der Waals surface area contributed by atoms with Crippen LogP contribution in [0.2, 0.25) is 0 Å². The molecule has 0 aliphatic carbocycles. The number of ether oxygens (including phenoxy) is 3. The van der Waals surface area contributed by atoms with E-state index >= 15 is 0 Å². The first-order valence-electron chi connectivity index (χ1n) is 26.8. The molecule has 11 rings (SSSR count). The van der Waals surface area contributed by atoms with Crippen molar-refractivity contribution in [3.05, 3.63) is 125 Å². The van der Waals surface area contributed by atoms with E-state index in [1.165, 1.54) is 5.56 Å². The number of rotatable bonds is 16. The van der Waals surface area contributed by atoms with E-state index in [1.807, 2.05) is 75.9 Å². The number of hydrogen-bond donors (Lipinski definition) is 3. The monoisotopic (exact) mass is 1020 g/mol. The minimum atomic E-state index is -0.191. The Morgan fingerprint density at radius 3 is 2.39 bits per heavy atom. The molecular weight excluding hydrogens is 949 g/mol. The second-order valence-electron chi connectivity index (χ2n) is 20.6. The third-order valence-electron chi connectivity index (χ3n) is 15.0. The molecule has 18 heteroatoms. The van der Waals surface area contributed by atoms with E-state index in [-0.39, 0.29) is 23.3 Å². The smallest absolute Gasteiger partial charge is 0.330 e. The standard InChI is InChI=1S/C57H72N12O6/c1-41(2)50-34-51(42(3)33-54(50)70)53-37-59-57(72)68(53)47-9-5-43(6-10-47)38-64-22-24-65(25-23-64)39-44-15-20-66(21-16-44)55(71)17-28-73-31-32-74-29-26-63-18-4-19-67-40-46(35-60-67)61-56-58-36-48-11-14-52(69(48)62-56)45-7-12-49(13-8-45)75-30-27-63/h5-14,33-37,40-41,44,70H,4,15-32,38-39H2,1-3H3,(H,59,72)(H,61,62). The van der Waals surface area contributed by atoms with Gasteiger partial charge in [-0.25, -0.2) is 14.3 Å². The van der Waals surface area contributed by atoms with Crippen molar-refractivity contribution in [2.45, 2.75) is 65.5 Å². The van der Waals surface area contributed by atoms with Crippen LogP contribution in [0.4, 0.5) is 11.6 Å². The second kappa shape index (κ2) is 24.2. The van der Waals surface area contributed by atoms with Crippen molar-refractivity contribution in [1.29, 1.82) is 0 Å². The minimum Gasteiger partial charge on any atom is -0.508 e. The van der Waals surface area contributed by atoms with Gasteiger partial charge in [-0.05, 0) is 115 Å². The molecule has 3 N–H and O–H groups in total. The number of aryl methyl sites for hydroxylation is 2. The van der Waals surface area contributed by atoms with E-state index in [9.17, 15) is 14.7 Å². The number of carbonyl (C=O) groups excluding carboxylic acids is 1. The third-order valence-corrected chi connectivity index (χ3v) is 15.0.